The minimum atomic E-state index is -1.03. The van der Waals surface area contributed by atoms with Crippen molar-refractivity contribution >= 4 is 0 Å². The minimum Gasteiger partial charge on any atom is -0.497 e. The zero-order chi connectivity index (χ0) is 18.7. The summed E-state index contributed by atoms with van der Waals surface area (Å²) in [6, 6.07) is 7.06. The highest BCUT2D eigenvalue weighted by molar-refractivity contribution is 5.66. The summed E-state index contributed by atoms with van der Waals surface area (Å²) in [6.45, 7) is 2.48. The zero-order valence-corrected chi connectivity index (χ0v) is 15.0. The molecule has 1 aliphatic rings. The third kappa shape index (κ3) is 3.73. The zero-order valence-electron chi connectivity index (χ0n) is 15.0. The van der Waals surface area contributed by atoms with E-state index in [1.54, 1.807) is 6.07 Å². The summed E-state index contributed by atoms with van der Waals surface area (Å²) in [5, 5.41) is 0. The van der Waals surface area contributed by atoms with E-state index in [2.05, 4.69) is 6.92 Å². The molecular weight excluding hydrogens is 341 g/mol. The second kappa shape index (κ2) is 8.12. The molecule has 140 valence electrons. The van der Waals surface area contributed by atoms with Crippen LogP contribution in [-0.2, 0) is 4.74 Å². The Bertz CT molecular complexity index is 768. The van der Waals surface area contributed by atoms with Crippen LogP contribution >= 0.6 is 0 Å². The highest BCUT2D eigenvalue weighted by atomic mass is 19.2. The van der Waals surface area contributed by atoms with Crippen LogP contribution in [0.15, 0.2) is 30.3 Å². The van der Waals surface area contributed by atoms with Crippen LogP contribution in [0.25, 0.3) is 11.1 Å². The van der Waals surface area contributed by atoms with Crippen molar-refractivity contribution in [1.82, 2.24) is 0 Å². The van der Waals surface area contributed by atoms with Gasteiger partial charge in [0.1, 0.15) is 11.6 Å². The molecule has 1 heterocycles. The van der Waals surface area contributed by atoms with Crippen LogP contribution in [-0.4, -0.2) is 19.8 Å². The first-order valence-corrected chi connectivity index (χ1v) is 8.98. The van der Waals surface area contributed by atoms with Crippen LogP contribution in [0.3, 0.4) is 0 Å². The molecule has 0 radical (unpaired) electrons. The fourth-order valence-electron chi connectivity index (χ4n) is 3.53. The molecule has 5 heteroatoms. The molecule has 1 aliphatic heterocycles. The summed E-state index contributed by atoms with van der Waals surface area (Å²) >= 11 is 0. The third-order valence-corrected chi connectivity index (χ3v) is 5.00. The van der Waals surface area contributed by atoms with Gasteiger partial charge in [-0.3, -0.25) is 0 Å². The number of hydrogen-bond acceptors (Lipinski definition) is 2. The summed E-state index contributed by atoms with van der Waals surface area (Å²) < 4.78 is 54.3. The van der Waals surface area contributed by atoms with Crippen LogP contribution in [0, 0.1) is 17.5 Å². The van der Waals surface area contributed by atoms with Crippen molar-refractivity contribution in [3.8, 4) is 16.9 Å². The van der Waals surface area contributed by atoms with Crippen molar-refractivity contribution in [3.63, 3.8) is 0 Å². The van der Waals surface area contributed by atoms with Gasteiger partial charge in [-0.15, -0.1) is 0 Å². The predicted molar refractivity (Wildman–Crippen MR) is 94.9 cm³/mol. The van der Waals surface area contributed by atoms with Crippen molar-refractivity contribution in [1.29, 1.82) is 0 Å². The lowest BCUT2D eigenvalue weighted by molar-refractivity contribution is -0.00181. The predicted octanol–water partition coefficient (Wildman–Crippen LogP) is 5.84. The van der Waals surface area contributed by atoms with Gasteiger partial charge in [0.05, 0.1) is 19.8 Å². The average Bonchev–Trinajstić information content (AvgIpc) is 2.65. The van der Waals surface area contributed by atoms with E-state index in [0.29, 0.717) is 17.9 Å². The van der Waals surface area contributed by atoms with E-state index in [1.807, 2.05) is 0 Å². The third-order valence-electron chi connectivity index (χ3n) is 5.00. The Hall–Kier alpha value is -2.01. The molecule has 0 aromatic heterocycles. The Morgan fingerprint density at radius 3 is 2.42 bits per heavy atom. The van der Waals surface area contributed by atoms with E-state index < -0.39 is 17.5 Å². The summed E-state index contributed by atoms with van der Waals surface area (Å²) in [5.74, 6) is -2.45. The maximum absolute atomic E-state index is 14.7. The molecule has 0 bridgehead atoms. The SMILES string of the molecule is CCCC1CCC(c2ccc(-c3ccc(OC)cc3F)c(F)c2F)CO1. The van der Waals surface area contributed by atoms with Gasteiger partial charge in [0, 0.05) is 23.1 Å². The summed E-state index contributed by atoms with van der Waals surface area (Å²) in [6.07, 6.45) is 3.84. The summed E-state index contributed by atoms with van der Waals surface area (Å²) in [4.78, 5) is 0. The van der Waals surface area contributed by atoms with Crippen LogP contribution in [0.1, 0.15) is 44.1 Å². The van der Waals surface area contributed by atoms with E-state index in [0.717, 1.165) is 31.7 Å². The van der Waals surface area contributed by atoms with Gasteiger partial charge >= 0.3 is 0 Å². The molecule has 26 heavy (non-hydrogen) atoms. The fourth-order valence-corrected chi connectivity index (χ4v) is 3.53. The number of methoxy groups -OCH3 is 1. The van der Waals surface area contributed by atoms with Crippen molar-refractivity contribution in [2.24, 2.45) is 0 Å². The Kier molecular flexibility index (Phi) is 5.87. The van der Waals surface area contributed by atoms with Crippen molar-refractivity contribution in [2.45, 2.75) is 44.6 Å². The molecular formula is C21H23F3O2. The van der Waals surface area contributed by atoms with Gasteiger partial charge in [-0.05, 0) is 37.0 Å². The molecule has 0 spiro atoms. The lowest BCUT2D eigenvalue weighted by Crippen LogP contribution is -2.25. The molecule has 1 fully saturated rings. The number of hydrogen-bond donors (Lipinski definition) is 0. The van der Waals surface area contributed by atoms with Gasteiger partial charge < -0.3 is 9.47 Å². The number of halogens is 3. The maximum Gasteiger partial charge on any atom is 0.167 e. The summed E-state index contributed by atoms with van der Waals surface area (Å²) in [7, 11) is 1.42. The van der Waals surface area contributed by atoms with E-state index >= 15 is 0 Å². The second-order valence-corrected chi connectivity index (χ2v) is 6.69. The number of ether oxygens (including phenoxy) is 2. The first kappa shape index (κ1) is 18.8. The fraction of sp³-hybridized carbons (Fsp3) is 0.429. The number of benzene rings is 2. The largest absolute Gasteiger partial charge is 0.497 e. The Labute approximate surface area is 151 Å². The smallest absolute Gasteiger partial charge is 0.167 e. The lowest BCUT2D eigenvalue weighted by atomic mass is 9.88. The van der Waals surface area contributed by atoms with Crippen LogP contribution in [0.5, 0.6) is 5.75 Å². The van der Waals surface area contributed by atoms with E-state index in [4.69, 9.17) is 9.47 Å². The normalized spacial score (nSPS) is 20.2. The van der Waals surface area contributed by atoms with Gasteiger partial charge in [-0.2, -0.15) is 0 Å². The monoisotopic (exact) mass is 364 g/mol. The molecule has 2 unspecified atom stereocenters. The van der Waals surface area contributed by atoms with Crippen LogP contribution in [0.2, 0.25) is 0 Å². The maximum atomic E-state index is 14.7. The number of rotatable bonds is 5. The van der Waals surface area contributed by atoms with Crippen molar-refractivity contribution < 1.29 is 22.6 Å². The van der Waals surface area contributed by atoms with Gasteiger partial charge in [0.25, 0.3) is 0 Å². The average molecular weight is 364 g/mol. The lowest BCUT2D eigenvalue weighted by Gasteiger charge is -2.29. The van der Waals surface area contributed by atoms with Crippen LogP contribution in [0.4, 0.5) is 13.2 Å². The van der Waals surface area contributed by atoms with E-state index in [-0.39, 0.29) is 23.1 Å². The van der Waals surface area contributed by atoms with Crippen LogP contribution < -0.4 is 4.74 Å². The molecule has 0 amide bonds. The molecule has 2 aromatic carbocycles. The quantitative estimate of drug-likeness (QED) is 0.663. The highest BCUT2D eigenvalue weighted by Crippen LogP contribution is 2.36. The minimum absolute atomic E-state index is 0.0108. The Balaban J connectivity index is 1.85. The second-order valence-electron chi connectivity index (χ2n) is 6.69. The highest BCUT2D eigenvalue weighted by Gasteiger charge is 2.27. The standard InChI is InChI=1S/C21H23F3O2/c1-3-4-14-6-5-13(12-26-14)16-9-10-18(21(24)20(16)23)17-8-7-15(25-2)11-19(17)22/h7-11,13-14H,3-6,12H2,1-2H3. The first-order valence-electron chi connectivity index (χ1n) is 8.98. The van der Waals surface area contributed by atoms with Gasteiger partial charge in [0.2, 0.25) is 0 Å². The molecule has 0 aliphatic carbocycles. The molecule has 3 rings (SSSR count). The molecule has 2 atom stereocenters. The molecule has 2 aromatic rings. The molecule has 0 N–H and O–H groups in total. The van der Waals surface area contributed by atoms with E-state index in [1.165, 1.54) is 25.3 Å². The van der Waals surface area contributed by atoms with Crippen molar-refractivity contribution in [3.05, 3.63) is 53.3 Å². The van der Waals surface area contributed by atoms with Crippen molar-refractivity contribution in [2.75, 3.05) is 13.7 Å². The van der Waals surface area contributed by atoms with E-state index in [9.17, 15) is 13.2 Å². The summed E-state index contributed by atoms with van der Waals surface area (Å²) in [5.41, 5.74) is 0.221. The Morgan fingerprint density at radius 2 is 1.81 bits per heavy atom. The van der Waals surface area contributed by atoms with Gasteiger partial charge in [0.15, 0.2) is 11.6 Å². The first-order chi connectivity index (χ1) is 12.5. The Morgan fingerprint density at radius 1 is 1.04 bits per heavy atom. The van der Waals surface area contributed by atoms with Gasteiger partial charge in [-0.1, -0.05) is 25.5 Å². The molecule has 1 saturated heterocycles. The topological polar surface area (TPSA) is 18.5 Å². The van der Waals surface area contributed by atoms with Gasteiger partial charge in [-0.25, -0.2) is 13.2 Å². The molecule has 2 nitrogen and oxygen atoms in total. The molecule has 0 saturated carbocycles.